The molecule has 0 radical (unpaired) electrons. The lowest BCUT2D eigenvalue weighted by Gasteiger charge is -2.58. The van der Waals surface area contributed by atoms with Crippen molar-refractivity contribution in [1.29, 1.82) is 0 Å². The predicted octanol–water partition coefficient (Wildman–Crippen LogP) is 2.31. The number of fused-ring (bicyclic) bond motifs is 1. The highest BCUT2D eigenvalue weighted by Crippen LogP contribution is 2.55. The van der Waals surface area contributed by atoms with Gasteiger partial charge in [-0.05, 0) is 55.0 Å². The second-order valence-corrected chi connectivity index (χ2v) is 8.63. The van der Waals surface area contributed by atoms with Crippen molar-refractivity contribution >= 4 is 5.78 Å². The minimum Gasteiger partial charge on any atom is -0.508 e. The number of likely N-dealkylation sites (tertiary alicyclic amines) is 1. The van der Waals surface area contributed by atoms with E-state index in [4.69, 9.17) is 14.2 Å². The molecule has 2 bridgehead atoms. The molecule has 0 spiro atoms. The Morgan fingerprint density at radius 3 is 2.79 bits per heavy atom. The Labute approximate surface area is 173 Å². The lowest BCUT2D eigenvalue weighted by molar-refractivity contribution is -0.127. The lowest BCUT2D eigenvalue weighted by atomic mass is 9.52. The molecule has 0 unspecified atom stereocenters. The molecule has 1 N–H and O–H groups in total. The molecule has 1 saturated heterocycles. The Hall–Kier alpha value is -1.47. The Kier molecular flexibility index (Phi) is 6.54. The summed E-state index contributed by atoms with van der Waals surface area (Å²) in [5.41, 5.74) is 2.45. The number of aromatic hydroxyl groups is 1. The number of methoxy groups -OCH3 is 1. The topological polar surface area (TPSA) is 68.2 Å². The summed E-state index contributed by atoms with van der Waals surface area (Å²) in [6, 6.07) is 6.23. The van der Waals surface area contributed by atoms with Gasteiger partial charge < -0.3 is 19.3 Å². The molecule has 4 rings (SSSR count). The predicted molar refractivity (Wildman–Crippen MR) is 109 cm³/mol. The van der Waals surface area contributed by atoms with Crippen LogP contribution < -0.4 is 0 Å². The van der Waals surface area contributed by atoms with Crippen LogP contribution in [0.1, 0.15) is 36.8 Å². The second kappa shape index (κ2) is 9.13. The van der Waals surface area contributed by atoms with Gasteiger partial charge >= 0.3 is 0 Å². The summed E-state index contributed by atoms with van der Waals surface area (Å²) < 4.78 is 16.2. The molecule has 1 saturated carbocycles. The minimum absolute atomic E-state index is 0.0845. The van der Waals surface area contributed by atoms with E-state index in [0.29, 0.717) is 69.4 Å². The van der Waals surface area contributed by atoms with E-state index >= 15 is 0 Å². The van der Waals surface area contributed by atoms with Crippen molar-refractivity contribution in [2.75, 3.05) is 53.2 Å². The number of nitrogens with zero attached hydrogens (tertiary/aromatic N) is 1. The molecular weight excluding hydrogens is 370 g/mol. The average Bonchev–Trinajstić information content (AvgIpc) is 2.71. The molecule has 1 aromatic rings. The van der Waals surface area contributed by atoms with Crippen molar-refractivity contribution in [3.05, 3.63) is 29.3 Å². The van der Waals surface area contributed by atoms with Crippen molar-refractivity contribution < 1.29 is 24.1 Å². The number of rotatable bonds is 9. The minimum atomic E-state index is -0.0845. The Morgan fingerprint density at radius 1 is 1.17 bits per heavy atom. The van der Waals surface area contributed by atoms with Crippen molar-refractivity contribution in [3.63, 3.8) is 0 Å². The number of piperidine rings is 1. The second-order valence-electron chi connectivity index (χ2n) is 8.63. The van der Waals surface area contributed by atoms with Gasteiger partial charge in [-0.25, -0.2) is 0 Å². The number of carbonyl (C=O) groups is 1. The molecule has 0 amide bonds. The molecule has 3 aliphatic rings. The van der Waals surface area contributed by atoms with Crippen LogP contribution in [0.15, 0.2) is 18.2 Å². The van der Waals surface area contributed by atoms with Gasteiger partial charge in [0.25, 0.3) is 0 Å². The zero-order valence-electron chi connectivity index (χ0n) is 17.4. The fourth-order valence-corrected chi connectivity index (χ4v) is 5.82. The highest BCUT2D eigenvalue weighted by molar-refractivity contribution is 5.81. The van der Waals surface area contributed by atoms with Crippen LogP contribution >= 0.6 is 0 Å². The highest BCUT2D eigenvalue weighted by atomic mass is 16.5. The van der Waals surface area contributed by atoms with Gasteiger partial charge in [0, 0.05) is 38.0 Å². The van der Waals surface area contributed by atoms with Crippen LogP contribution in [0.2, 0.25) is 0 Å². The van der Waals surface area contributed by atoms with Crippen LogP contribution in [0.3, 0.4) is 0 Å². The van der Waals surface area contributed by atoms with Gasteiger partial charge in [0.05, 0.1) is 33.0 Å². The van der Waals surface area contributed by atoms with Crippen LogP contribution in [-0.2, 0) is 30.8 Å². The van der Waals surface area contributed by atoms with Gasteiger partial charge in [0.2, 0.25) is 0 Å². The number of phenols is 1. The first-order chi connectivity index (χ1) is 14.1. The van der Waals surface area contributed by atoms with E-state index in [9.17, 15) is 9.90 Å². The monoisotopic (exact) mass is 403 g/mol. The van der Waals surface area contributed by atoms with E-state index in [2.05, 4.69) is 11.0 Å². The number of ether oxygens (including phenoxy) is 3. The van der Waals surface area contributed by atoms with E-state index in [-0.39, 0.29) is 5.41 Å². The first-order valence-corrected chi connectivity index (χ1v) is 10.9. The Balaban J connectivity index is 1.40. The summed E-state index contributed by atoms with van der Waals surface area (Å²) in [6.07, 6.45) is 4.27. The maximum Gasteiger partial charge on any atom is 0.133 e. The van der Waals surface area contributed by atoms with Gasteiger partial charge in [-0.15, -0.1) is 0 Å². The van der Waals surface area contributed by atoms with E-state index in [1.807, 2.05) is 6.07 Å². The summed E-state index contributed by atoms with van der Waals surface area (Å²) >= 11 is 0. The number of phenolic OH excluding ortho intramolecular Hbond substituents is 1. The van der Waals surface area contributed by atoms with Crippen LogP contribution in [-0.4, -0.2) is 75.1 Å². The van der Waals surface area contributed by atoms with Gasteiger partial charge in [0.1, 0.15) is 11.5 Å². The Morgan fingerprint density at radius 2 is 1.97 bits per heavy atom. The van der Waals surface area contributed by atoms with E-state index in [1.54, 1.807) is 13.2 Å². The number of benzene rings is 1. The maximum atomic E-state index is 12.4. The molecule has 1 aliphatic heterocycles. The van der Waals surface area contributed by atoms with Crippen molar-refractivity contribution in [2.24, 2.45) is 5.92 Å². The molecule has 1 heterocycles. The summed E-state index contributed by atoms with van der Waals surface area (Å²) in [5.74, 6) is 1.18. The van der Waals surface area contributed by atoms with Crippen LogP contribution in [0.4, 0.5) is 0 Å². The van der Waals surface area contributed by atoms with Crippen LogP contribution in [0.25, 0.3) is 0 Å². The summed E-state index contributed by atoms with van der Waals surface area (Å²) in [5, 5.41) is 10.1. The number of ketones is 1. The third-order valence-electron chi connectivity index (χ3n) is 7.12. The number of hydrogen-bond acceptors (Lipinski definition) is 6. The molecule has 160 valence electrons. The van der Waals surface area contributed by atoms with Gasteiger partial charge in [-0.1, -0.05) is 6.07 Å². The quantitative estimate of drug-likeness (QED) is 0.638. The zero-order valence-corrected chi connectivity index (χ0v) is 17.4. The van der Waals surface area contributed by atoms with E-state index in [1.165, 1.54) is 11.1 Å². The lowest BCUT2D eigenvalue weighted by Crippen LogP contribution is -2.62. The first kappa shape index (κ1) is 20.8. The van der Waals surface area contributed by atoms with Gasteiger partial charge in [-0.2, -0.15) is 0 Å². The molecular formula is C23H33NO5. The average molecular weight is 404 g/mol. The standard InChI is InChI=1S/C23H33NO5/c1-27-10-11-29-13-12-28-9-8-24-7-6-23-16-19(26)4-5-20(23)22(24)14-17-2-3-18(25)15-21(17)23/h2-3,15,20,22,25H,4-14,16H2,1H3/t20-,22+,23-/m0/s1. The number of hydrogen-bond donors (Lipinski definition) is 1. The molecule has 0 aromatic heterocycles. The third kappa shape index (κ3) is 4.22. The molecule has 6 nitrogen and oxygen atoms in total. The van der Waals surface area contributed by atoms with Crippen molar-refractivity contribution in [1.82, 2.24) is 4.90 Å². The largest absolute Gasteiger partial charge is 0.508 e. The molecule has 1 aromatic carbocycles. The SMILES string of the molecule is COCCOCCOCCN1CC[C@]23CC(=O)CC[C@H]2[C@H]1Cc1ccc(O)cc13. The molecule has 3 atom stereocenters. The fourth-order valence-electron chi connectivity index (χ4n) is 5.82. The van der Waals surface area contributed by atoms with Crippen molar-refractivity contribution in [2.45, 2.75) is 43.6 Å². The summed E-state index contributed by atoms with van der Waals surface area (Å²) in [4.78, 5) is 15.0. The van der Waals surface area contributed by atoms with Crippen LogP contribution in [0.5, 0.6) is 5.75 Å². The molecule has 2 fully saturated rings. The maximum absolute atomic E-state index is 12.4. The smallest absolute Gasteiger partial charge is 0.133 e. The molecule has 6 heteroatoms. The van der Waals surface area contributed by atoms with Gasteiger partial charge in [0.15, 0.2) is 0 Å². The normalized spacial score (nSPS) is 28.8. The van der Waals surface area contributed by atoms with E-state index < -0.39 is 0 Å². The van der Waals surface area contributed by atoms with Crippen molar-refractivity contribution in [3.8, 4) is 5.75 Å². The molecule has 29 heavy (non-hydrogen) atoms. The van der Waals surface area contributed by atoms with Gasteiger partial charge in [-0.3, -0.25) is 9.69 Å². The third-order valence-corrected chi connectivity index (χ3v) is 7.12. The van der Waals surface area contributed by atoms with E-state index in [0.717, 1.165) is 32.4 Å². The fraction of sp³-hybridized carbons (Fsp3) is 0.696. The first-order valence-electron chi connectivity index (χ1n) is 10.9. The van der Waals surface area contributed by atoms with Crippen LogP contribution in [0, 0.1) is 5.92 Å². The zero-order chi connectivity index (χ0) is 20.3. The number of Topliss-reactive ketones (excluding diaryl/α,β-unsaturated/α-hetero) is 1. The molecule has 2 aliphatic carbocycles. The Bertz CT molecular complexity index is 723. The summed E-state index contributed by atoms with van der Waals surface area (Å²) in [6.45, 7) is 5.01. The number of carbonyl (C=O) groups excluding carboxylic acids is 1. The summed E-state index contributed by atoms with van der Waals surface area (Å²) in [7, 11) is 1.67. The highest BCUT2D eigenvalue weighted by Gasteiger charge is 2.55.